The van der Waals surface area contributed by atoms with Gasteiger partial charge in [-0.3, -0.25) is 0 Å². The molecule has 2 aliphatic rings. The first-order valence-electron chi connectivity index (χ1n) is 8.23. The van der Waals surface area contributed by atoms with Crippen molar-refractivity contribution < 1.29 is 14.6 Å². The molecule has 2 aromatic carbocycles. The molecule has 0 aromatic heterocycles. The number of carboxylic acid groups (broad SMARTS) is 1. The first-order chi connectivity index (χ1) is 12.1. The summed E-state index contributed by atoms with van der Waals surface area (Å²) < 4.78 is 5.24. The Kier molecular flexibility index (Phi) is 3.92. The summed E-state index contributed by atoms with van der Waals surface area (Å²) in [4.78, 5) is 11.7. The summed E-state index contributed by atoms with van der Waals surface area (Å²) in [6.45, 7) is 0. The van der Waals surface area contributed by atoms with E-state index in [1.165, 1.54) is 0 Å². The van der Waals surface area contributed by atoms with Crippen molar-refractivity contribution in [2.75, 3.05) is 12.4 Å². The second-order valence-electron chi connectivity index (χ2n) is 6.44. The first-order valence-corrected chi connectivity index (χ1v) is 8.60. The number of hydrogen-bond acceptors (Lipinski definition) is 3. The Morgan fingerprint density at radius 3 is 2.68 bits per heavy atom. The lowest BCUT2D eigenvalue weighted by atomic mass is 9.75. The van der Waals surface area contributed by atoms with Gasteiger partial charge in [-0.15, -0.1) is 0 Å². The molecule has 0 fully saturated rings. The third kappa shape index (κ3) is 2.57. The van der Waals surface area contributed by atoms with Gasteiger partial charge in [-0.25, -0.2) is 4.79 Å². The molecule has 0 unspecified atom stereocenters. The van der Waals surface area contributed by atoms with Crippen LogP contribution in [0.4, 0.5) is 5.69 Å². The smallest absolute Gasteiger partial charge is 0.336 e. The Morgan fingerprint density at radius 2 is 2.00 bits per heavy atom. The fourth-order valence-electron chi connectivity index (χ4n) is 4.00. The fourth-order valence-corrected chi connectivity index (χ4v) is 4.22. The number of nitrogens with one attached hydrogen (secondary N) is 1. The van der Waals surface area contributed by atoms with Crippen molar-refractivity contribution in [2.45, 2.75) is 18.4 Å². The minimum Gasteiger partial charge on any atom is -0.497 e. The van der Waals surface area contributed by atoms with E-state index in [0.717, 1.165) is 29.0 Å². The van der Waals surface area contributed by atoms with Crippen molar-refractivity contribution in [1.29, 1.82) is 0 Å². The molecule has 0 bridgehead atoms. The van der Waals surface area contributed by atoms with Gasteiger partial charge in [0.25, 0.3) is 0 Å². The number of carbonyl (C=O) groups is 1. The zero-order valence-corrected chi connectivity index (χ0v) is 14.5. The van der Waals surface area contributed by atoms with Crippen LogP contribution in [-0.2, 0) is 0 Å². The Bertz CT molecular complexity index is 860. The molecule has 0 radical (unpaired) electrons. The maximum Gasteiger partial charge on any atom is 0.336 e. The fraction of sp³-hybridized carbons (Fsp3) is 0.250. The van der Waals surface area contributed by atoms with Gasteiger partial charge < -0.3 is 15.2 Å². The number of allylic oxidation sites excluding steroid dienone is 2. The molecule has 25 heavy (non-hydrogen) atoms. The van der Waals surface area contributed by atoms with Gasteiger partial charge in [-0.1, -0.05) is 35.9 Å². The van der Waals surface area contributed by atoms with Crippen LogP contribution >= 0.6 is 11.6 Å². The molecule has 1 aliphatic heterocycles. The number of carboxylic acids is 1. The zero-order valence-electron chi connectivity index (χ0n) is 13.7. The topological polar surface area (TPSA) is 58.6 Å². The van der Waals surface area contributed by atoms with Crippen molar-refractivity contribution in [2.24, 2.45) is 5.92 Å². The molecule has 0 spiro atoms. The van der Waals surface area contributed by atoms with Crippen LogP contribution in [0.15, 0.2) is 48.6 Å². The van der Waals surface area contributed by atoms with Crippen LogP contribution in [0, 0.1) is 5.92 Å². The maximum atomic E-state index is 11.7. The molecule has 5 heteroatoms. The number of hydrogen-bond donors (Lipinski definition) is 2. The Balaban J connectivity index is 1.82. The number of halogens is 1. The second-order valence-corrected chi connectivity index (χ2v) is 6.84. The molecule has 0 saturated carbocycles. The number of aromatic carboxylic acids is 1. The maximum absolute atomic E-state index is 11.7. The highest BCUT2D eigenvalue weighted by molar-refractivity contribution is 6.33. The largest absolute Gasteiger partial charge is 0.497 e. The second kappa shape index (κ2) is 6.12. The van der Waals surface area contributed by atoms with Crippen molar-refractivity contribution in [1.82, 2.24) is 0 Å². The van der Waals surface area contributed by atoms with E-state index in [1.807, 2.05) is 24.3 Å². The Hall–Kier alpha value is -2.46. The highest BCUT2D eigenvalue weighted by atomic mass is 35.5. The number of rotatable bonds is 3. The molecule has 4 nitrogen and oxygen atoms in total. The van der Waals surface area contributed by atoms with Gasteiger partial charge in [-0.05, 0) is 47.7 Å². The molecule has 2 N–H and O–H groups in total. The van der Waals surface area contributed by atoms with E-state index in [-0.39, 0.29) is 17.9 Å². The van der Waals surface area contributed by atoms with E-state index in [2.05, 4.69) is 17.5 Å². The van der Waals surface area contributed by atoms with Crippen LogP contribution in [-0.4, -0.2) is 18.2 Å². The number of benzene rings is 2. The Morgan fingerprint density at radius 1 is 1.24 bits per heavy atom. The molecule has 0 saturated heterocycles. The van der Waals surface area contributed by atoms with Crippen LogP contribution in [0.5, 0.6) is 5.75 Å². The lowest BCUT2D eigenvalue weighted by Gasteiger charge is -2.38. The molecular formula is C20H18ClNO3. The van der Waals surface area contributed by atoms with Gasteiger partial charge in [-0.2, -0.15) is 0 Å². The molecule has 3 atom stereocenters. The van der Waals surface area contributed by atoms with Crippen molar-refractivity contribution in [3.63, 3.8) is 0 Å². The van der Waals surface area contributed by atoms with Crippen LogP contribution in [0.1, 0.15) is 39.9 Å². The summed E-state index contributed by atoms with van der Waals surface area (Å²) in [5.41, 5.74) is 2.99. The Labute approximate surface area is 151 Å². The lowest BCUT2D eigenvalue weighted by molar-refractivity contribution is 0.0695. The van der Waals surface area contributed by atoms with Gasteiger partial charge in [0.15, 0.2) is 0 Å². The quantitative estimate of drug-likeness (QED) is 0.771. The lowest BCUT2D eigenvalue weighted by Crippen LogP contribution is -2.30. The van der Waals surface area contributed by atoms with Gasteiger partial charge >= 0.3 is 5.97 Å². The molecule has 1 heterocycles. The van der Waals surface area contributed by atoms with E-state index in [4.69, 9.17) is 16.3 Å². The van der Waals surface area contributed by atoms with Gasteiger partial charge in [0, 0.05) is 5.92 Å². The molecule has 128 valence electrons. The predicted octanol–water partition coefficient (Wildman–Crippen LogP) is 4.87. The minimum atomic E-state index is -0.920. The molecule has 2 aromatic rings. The normalized spacial score (nSPS) is 23.5. The molecule has 0 amide bonds. The van der Waals surface area contributed by atoms with E-state index >= 15 is 0 Å². The summed E-state index contributed by atoms with van der Waals surface area (Å²) in [5, 5.41) is 13.6. The monoisotopic (exact) mass is 355 g/mol. The zero-order chi connectivity index (χ0) is 17.6. The standard InChI is InChI=1S/C20H18ClNO3/c1-25-12-7-5-11(6-8-12)18-14-4-2-3-13(14)17-15(20(23)24)9-10-16(21)19(17)22-18/h2-3,5-10,13-14,18,22H,4H2,1H3,(H,23,24)/t13-,14+,18-/m1/s1. The van der Waals surface area contributed by atoms with Gasteiger partial charge in [0.2, 0.25) is 0 Å². The minimum absolute atomic E-state index is 0.0492. The predicted molar refractivity (Wildman–Crippen MR) is 97.8 cm³/mol. The molecular weight excluding hydrogens is 338 g/mol. The average Bonchev–Trinajstić information content (AvgIpc) is 3.11. The van der Waals surface area contributed by atoms with Crippen LogP contribution in [0.3, 0.4) is 0 Å². The van der Waals surface area contributed by atoms with Crippen molar-refractivity contribution in [3.8, 4) is 5.75 Å². The first kappa shape index (κ1) is 16.0. The van der Waals surface area contributed by atoms with E-state index in [0.29, 0.717) is 10.6 Å². The third-order valence-electron chi connectivity index (χ3n) is 5.17. The summed E-state index contributed by atoms with van der Waals surface area (Å²) in [6.07, 6.45) is 5.15. The van der Waals surface area contributed by atoms with Crippen LogP contribution < -0.4 is 10.1 Å². The van der Waals surface area contributed by atoms with Crippen LogP contribution in [0.25, 0.3) is 0 Å². The van der Waals surface area contributed by atoms with Gasteiger partial charge in [0.05, 0.1) is 29.4 Å². The van der Waals surface area contributed by atoms with Gasteiger partial charge in [0.1, 0.15) is 5.75 Å². The van der Waals surface area contributed by atoms with Crippen molar-refractivity contribution >= 4 is 23.3 Å². The number of ether oxygens (including phenoxy) is 1. The average molecular weight is 356 g/mol. The third-order valence-corrected chi connectivity index (χ3v) is 5.49. The molecule has 4 rings (SSSR count). The summed E-state index contributed by atoms with van der Waals surface area (Å²) in [5.74, 6) is 0.203. The number of anilines is 1. The van der Waals surface area contributed by atoms with Crippen molar-refractivity contribution in [3.05, 3.63) is 70.3 Å². The van der Waals surface area contributed by atoms with Crippen LogP contribution in [0.2, 0.25) is 5.02 Å². The molecule has 1 aliphatic carbocycles. The summed E-state index contributed by atoms with van der Waals surface area (Å²) >= 11 is 6.41. The number of methoxy groups -OCH3 is 1. The number of fused-ring (bicyclic) bond motifs is 3. The highest BCUT2D eigenvalue weighted by Gasteiger charge is 2.40. The van der Waals surface area contributed by atoms with E-state index < -0.39 is 5.97 Å². The summed E-state index contributed by atoms with van der Waals surface area (Å²) in [6, 6.07) is 11.3. The van der Waals surface area contributed by atoms with E-state index in [1.54, 1.807) is 19.2 Å². The highest BCUT2D eigenvalue weighted by Crippen LogP contribution is 2.52. The SMILES string of the molecule is COc1ccc([C@H]2Nc3c(Cl)ccc(C(=O)O)c3[C@@H]3C=CC[C@H]23)cc1. The summed E-state index contributed by atoms with van der Waals surface area (Å²) in [7, 11) is 1.65. The van der Waals surface area contributed by atoms with E-state index in [9.17, 15) is 9.90 Å².